The van der Waals surface area contributed by atoms with Crippen LogP contribution in [0.15, 0.2) is 54.0 Å². The minimum atomic E-state index is -2.39. The highest BCUT2D eigenvalue weighted by atomic mass is 32.2. The number of nitrogens with zero attached hydrogens (tertiary/aromatic N) is 2. The van der Waals surface area contributed by atoms with Crippen LogP contribution in [0.1, 0.15) is 52.6 Å². The van der Waals surface area contributed by atoms with Crippen molar-refractivity contribution in [3.05, 3.63) is 76.0 Å². The van der Waals surface area contributed by atoms with Gasteiger partial charge in [-0.05, 0) is 42.7 Å². The topological polar surface area (TPSA) is 124 Å². The Kier molecular flexibility index (Phi) is 8.60. The van der Waals surface area contributed by atoms with E-state index in [-0.39, 0.29) is 30.6 Å². The van der Waals surface area contributed by atoms with Gasteiger partial charge in [-0.3, -0.25) is 18.8 Å². The molecule has 168 valence electrons. The molecule has 10 heteroatoms. The highest BCUT2D eigenvalue weighted by Gasteiger charge is 2.20. The van der Waals surface area contributed by atoms with E-state index in [0.717, 1.165) is 22.7 Å². The van der Waals surface area contributed by atoms with E-state index in [0.29, 0.717) is 17.8 Å². The molecule has 0 bridgehead atoms. The molecular formula is C22H23N4O4S2-. The maximum atomic E-state index is 12.6. The zero-order chi connectivity index (χ0) is 22.9. The molecule has 2 N–H and O–H groups in total. The van der Waals surface area contributed by atoms with Crippen molar-refractivity contribution >= 4 is 40.0 Å². The van der Waals surface area contributed by atoms with Gasteiger partial charge in [-0.25, -0.2) is 4.98 Å². The maximum absolute atomic E-state index is 12.6. The summed E-state index contributed by atoms with van der Waals surface area (Å²) in [6.07, 6.45) is 2.95. The molecule has 0 fully saturated rings. The molecule has 0 aliphatic heterocycles. The van der Waals surface area contributed by atoms with Gasteiger partial charge in [-0.1, -0.05) is 25.1 Å². The maximum Gasteiger partial charge on any atom is 0.221 e. The SMILES string of the molecule is CCc1csc([C@H](Cc2ccc(NS(=O)[O-])cc2)NC(=O)CCC(=O)c2ccccn2)n1. The molecule has 2 heterocycles. The van der Waals surface area contributed by atoms with Crippen LogP contribution in [0.25, 0.3) is 0 Å². The number of amides is 1. The molecule has 1 amide bonds. The van der Waals surface area contributed by atoms with Crippen LogP contribution in [-0.4, -0.2) is 30.4 Å². The first-order chi connectivity index (χ1) is 15.4. The fraction of sp³-hybridized carbons (Fsp3) is 0.273. The number of thiazole rings is 1. The van der Waals surface area contributed by atoms with Gasteiger partial charge in [-0.2, -0.15) is 0 Å². The fourth-order valence-electron chi connectivity index (χ4n) is 3.04. The normalized spacial score (nSPS) is 12.7. The van der Waals surface area contributed by atoms with Crippen molar-refractivity contribution in [3.63, 3.8) is 0 Å². The van der Waals surface area contributed by atoms with Gasteiger partial charge < -0.3 is 14.6 Å². The van der Waals surface area contributed by atoms with Crippen molar-refractivity contribution in [2.24, 2.45) is 0 Å². The van der Waals surface area contributed by atoms with Gasteiger partial charge in [0.05, 0.1) is 11.7 Å². The molecule has 2 aromatic heterocycles. The monoisotopic (exact) mass is 471 g/mol. The highest BCUT2D eigenvalue weighted by Crippen LogP contribution is 2.24. The number of nitrogens with one attached hydrogen (secondary N) is 2. The molecule has 8 nitrogen and oxygen atoms in total. The van der Waals surface area contributed by atoms with Crippen LogP contribution in [-0.2, 0) is 28.9 Å². The van der Waals surface area contributed by atoms with Crippen LogP contribution in [0.3, 0.4) is 0 Å². The molecule has 1 aromatic carbocycles. The van der Waals surface area contributed by atoms with Gasteiger partial charge in [0.15, 0.2) is 5.78 Å². The second-order valence-electron chi connectivity index (χ2n) is 7.03. The average molecular weight is 472 g/mol. The van der Waals surface area contributed by atoms with Crippen molar-refractivity contribution in [3.8, 4) is 0 Å². The predicted molar refractivity (Wildman–Crippen MR) is 123 cm³/mol. The Balaban J connectivity index is 1.66. The number of aryl methyl sites for hydroxylation is 1. The van der Waals surface area contributed by atoms with Gasteiger partial charge in [-0.15, -0.1) is 11.3 Å². The Bertz CT molecular complexity index is 1070. The Morgan fingerprint density at radius 3 is 2.56 bits per heavy atom. The number of aromatic nitrogens is 2. The van der Waals surface area contributed by atoms with Gasteiger partial charge in [0.1, 0.15) is 10.7 Å². The zero-order valence-corrected chi connectivity index (χ0v) is 19.1. The van der Waals surface area contributed by atoms with Crippen molar-refractivity contribution in [2.75, 3.05) is 4.72 Å². The van der Waals surface area contributed by atoms with E-state index < -0.39 is 11.3 Å². The number of ketones is 1. The lowest BCUT2D eigenvalue weighted by atomic mass is 10.1. The number of benzene rings is 1. The smallest absolute Gasteiger partial charge is 0.221 e. The van der Waals surface area contributed by atoms with Gasteiger partial charge >= 0.3 is 0 Å². The second kappa shape index (κ2) is 11.6. The lowest BCUT2D eigenvalue weighted by Crippen LogP contribution is -2.30. The van der Waals surface area contributed by atoms with E-state index in [1.807, 2.05) is 12.3 Å². The highest BCUT2D eigenvalue weighted by molar-refractivity contribution is 7.80. The summed E-state index contributed by atoms with van der Waals surface area (Å²) in [5.74, 6) is -0.425. The lowest BCUT2D eigenvalue weighted by molar-refractivity contribution is -0.121. The summed E-state index contributed by atoms with van der Waals surface area (Å²) in [5, 5.41) is 5.75. The summed E-state index contributed by atoms with van der Waals surface area (Å²) < 4.78 is 23.9. The predicted octanol–water partition coefficient (Wildman–Crippen LogP) is 3.37. The third-order valence-electron chi connectivity index (χ3n) is 4.69. The van der Waals surface area contributed by atoms with E-state index in [2.05, 4.69) is 20.0 Å². The van der Waals surface area contributed by atoms with E-state index >= 15 is 0 Å². The summed E-state index contributed by atoms with van der Waals surface area (Å²) in [4.78, 5) is 33.5. The van der Waals surface area contributed by atoms with Crippen LogP contribution in [0, 0.1) is 0 Å². The number of carbonyl (C=O) groups is 2. The Labute approximate surface area is 192 Å². The fourth-order valence-corrected chi connectivity index (χ4v) is 4.32. The summed E-state index contributed by atoms with van der Waals surface area (Å²) >= 11 is -0.908. The second-order valence-corrected chi connectivity index (χ2v) is 8.59. The van der Waals surface area contributed by atoms with Crippen molar-refractivity contribution < 1.29 is 18.4 Å². The molecule has 0 aliphatic carbocycles. The molecule has 0 saturated carbocycles. The van der Waals surface area contributed by atoms with Gasteiger partial charge in [0.25, 0.3) is 0 Å². The quantitative estimate of drug-likeness (QED) is 0.326. The number of pyridine rings is 1. The molecule has 1 unspecified atom stereocenters. The number of anilines is 1. The van der Waals surface area contributed by atoms with Crippen LogP contribution in [0.2, 0.25) is 0 Å². The summed E-state index contributed by atoms with van der Waals surface area (Å²) in [6, 6.07) is 11.7. The third kappa shape index (κ3) is 7.04. The van der Waals surface area contributed by atoms with E-state index in [1.165, 1.54) is 11.3 Å². The minimum Gasteiger partial charge on any atom is -0.755 e. The molecule has 32 heavy (non-hydrogen) atoms. The molecule has 3 rings (SSSR count). The van der Waals surface area contributed by atoms with Crippen LogP contribution in [0.4, 0.5) is 5.69 Å². The Morgan fingerprint density at radius 1 is 1.16 bits per heavy atom. The van der Waals surface area contributed by atoms with E-state index in [9.17, 15) is 18.4 Å². The molecular weight excluding hydrogens is 448 g/mol. The van der Waals surface area contributed by atoms with E-state index in [1.54, 1.807) is 48.7 Å². The number of rotatable bonds is 11. The first kappa shape index (κ1) is 23.7. The van der Waals surface area contributed by atoms with Crippen molar-refractivity contribution in [1.29, 1.82) is 0 Å². The van der Waals surface area contributed by atoms with Crippen LogP contribution in [0.5, 0.6) is 0 Å². The van der Waals surface area contributed by atoms with Crippen LogP contribution < -0.4 is 10.0 Å². The lowest BCUT2D eigenvalue weighted by Gasteiger charge is -2.17. The van der Waals surface area contributed by atoms with Crippen molar-refractivity contribution in [1.82, 2.24) is 15.3 Å². The minimum absolute atomic E-state index is 0.0517. The largest absolute Gasteiger partial charge is 0.755 e. The van der Waals surface area contributed by atoms with Gasteiger partial charge in [0.2, 0.25) is 5.91 Å². The number of hydrogen-bond donors (Lipinski definition) is 2. The standard InChI is InChI=1S/C22H24N4O4S2/c1-2-16-14-31-22(24-16)19(13-15-6-8-17(9-7-15)26-32(29)30)25-21(28)11-10-20(27)18-5-3-4-12-23-18/h3-9,12,14,19,26H,2,10-11,13H2,1H3,(H,25,28)(H,29,30)/p-1/t19-/m0/s1. The molecule has 0 aliphatic rings. The number of hydrogen-bond acceptors (Lipinski definition) is 7. The molecule has 2 atom stereocenters. The molecule has 0 saturated heterocycles. The Morgan fingerprint density at radius 2 is 1.94 bits per heavy atom. The van der Waals surface area contributed by atoms with Crippen LogP contribution >= 0.6 is 11.3 Å². The third-order valence-corrected chi connectivity index (χ3v) is 6.10. The van der Waals surface area contributed by atoms with Crippen molar-refractivity contribution in [2.45, 2.75) is 38.6 Å². The zero-order valence-electron chi connectivity index (χ0n) is 17.4. The summed E-state index contributed by atoms with van der Waals surface area (Å²) in [7, 11) is 0. The first-order valence-electron chi connectivity index (χ1n) is 10.1. The summed E-state index contributed by atoms with van der Waals surface area (Å²) in [6.45, 7) is 2.02. The molecule has 0 spiro atoms. The van der Waals surface area contributed by atoms with Gasteiger partial charge in [0, 0.05) is 41.4 Å². The number of carbonyl (C=O) groups excluding carboxylic acids is 2. The van der Waals surface area contributed by atoms with E-state index in [4.69, 9.17) is 0 Å². The molecule has 3 aromatic rings. The first-order valence-corrected chi connectivity index (χ1v) is 12.0. The number of Topliss-reactive ketones (excluding diaryl/α,β-unsaturated/α-hetero) is 1. The average Bonchev–Trinajstić information content (AvgIpc) is 3.28. The summed E-state index contributed by atoms with van der Waals surface area (Å²) in [5.41, 5.74) is 2.66. The molecule has 0 radical (unpaired) electrons. The Hall–Kier alpha value is -2.95.